The van der Waals surface area contributed by atoms with E-state index in [2.05, 4.69) is 19.1 Å². The van der Waals surface area contributed by atoms with Gasteiger partial charge in [-0.05, 0) is 49.8 Å². The summed E-state index contributed by atoms with van der Waals surface area (Å²) < 4.78 is 94.2. The summed E-state index contributed by atoms with van der Waals surface area (Å²) in [6, 6.07) is 6.88. The molecule has 1 saturated heterocycles. The molecule has 1 nitrogen and oxygen atoms in total. The van der Waals surface area contributed by atoms with Gasteiger partial charge in [0.1, 0.15) is 0 Å². The molecule has 0 amide bonds. The zero-order valence-electron chi connectivity index (χ0n) is 21.1. The van der Waals surface area contributed by atoms with Gasteiger partial charge in [0.2, 0.25) is 5.82 Å². The second-order valence-electron chi connectivity index (χ2n) is 9.15. The number of allylic oxidation sites excluding steroid dienone is 1. The SMILES string of the molecule is CCC/C=C/C1CC[C@@H](c2ccc(-c3ccc(-c4ccc(OCC)c(F)c4F)c(F)c3F)c(F)c2F)CS1. The molecule has 1 aliphatic rings. The molecule has 202 valence electrons. The first-order chi connectivity index (χ1) is 18.3. The number of hydrogen-bond donors (Lipinski definition) is 0. The standard InChI is InChI=1S/C30H28F6OS/c1-3-5-6-7-18-9-8-17(16-38-18)19-10-11-20(26(32)25(19)31)21-12-13-22(28(34)27(21)33)23-14-15-24(37-4-2)30(36)29(23)35/h6-7,10-15,17-18H,3-5,8-9,16H2,1-2H3/b7-6+/t17-,18?/m1/s1. The Morgan fingerprint density at radius 2 is 1.29 bits per heavy atom. The highest BCUT2D eigenvalue weighted by Crippen LogP contribution is 2.40. The molecule has 0 N–H and O–H groups in total. The summed E-state index contributed by atoms with van der Waals surface area (Å²) in [5, 5.41) is 0.342. The number of hydrogen-bond acceptors (Lipinski definition) is 2. The van der Waals surface area contributed by atoms with Gasteiger partial charge in [-0.3, -0.25) is 0 Å². The number of thioether (sulfide) groups is 1. The maximum atomic E-state index is 15.1. The van der Waals surface area contributed by atoms with E-state index in [1.165, 1.54) is 12.1 Å². The molecule has 0 aliphatic carbocycles. The van der Waals surface area contributed by atoms with Crippen molar-refractivity contribution < 1.29 is 31.1 Å². The Kier molecular flexibility index (Phi) is 9.13. The van der Waals surface area contributed by atoms with Gasteiger partial charge in [0, 0.05) is 33.3 Å². The molecular formula is C30H28F6OS. The number of unbranched alkanes of at least 4 members (excludes halogenated alkanes) is 1. The van der Waals surface area contributed by atoms with Gasteiger partial charge in [0.15, 0.2) is 34.8 Å². The maximum absolute atomic E-state index is 15.1. The lowest BCUT2D eigenvalue weighted by Crippen LogP contribution is -2.16. The molecule has 1 aliphatic heterocycles. The Bertz CT molecular complexity index is 1330. The first kappa shape index (κ1) is 28.1. The Labute approximate surface area is 222 Å². The third kappa shape index (κ3) is 5.60. The van der Waals surface area contributed by atoms with E-state index >= 15 is 17.6 Å². The van der Waals surface area contributed by atoms with Gasteiger partial charge in [-0.25, -0.2) is 22.0 Å². The van der Waals surface area contributed by atoms with E-state index < -0.39 is 57.2 Å². The van der Waals surface area contributed by atoms with E-state index in [0.29, 0.717) is 17.4 Å². The number of benzene rings is 3. The van der Waals surface area contributed by atoms with Gasteiger partial charge in [-0.2, -0.15) is 16.2 Å². The smallest absolute Gasteiger partial charge is 0.201 e. The zero-order valence-corrected chi connectivity index (χ0v) is 21.9. The zero-order chi connectivity index (χ0) is 27.4. The van der Waals surface area contributed by atoms with Crippen molar-refractivity contribution in [3.8, 4) is 28.0 Å². The van der Waals surface area contributed by atoms with Crippen LogP contribution < -0.4 is 4.74 Å². The van der Waals surface area contributed by atoms with Crippen LogP contribution in [0.5, 0.6) is 5.75 Å². The third-order valence-corrected chi connectivity index (χ3v) is 8.09. The predicted molar refractivity (Wildman–Crippen MR) is 140 cm³/mol. The second-order valence-corrected chi connectivity index (χ2v) is 10.4. The van der Waals surface area contributed by atoms with Crippen molar-refractivity contribution in [1.29, 1.82) is 0 Å². The number of halogens is 6. The van der Waals surface area contributed by atoms with Crippen LogP contribution in [0, 0.1) is 34.9 Å². The molecule has 1 unspecified atom stereocenters. The van der Waals surface area contributed by atoms with E-state index in [4.69, 9.17) is 4.74 Å². The lowest BCUT2D eigenvalue weighted by Gasteiger charge is -2.27. The van der Waals surface area contributed by atoms with Crippen LogP contribution in [0.25, 0.3) is 22.3 Å². The van der Waals surface area contributed by atoms with Crippen LogP contribution in [0.4, 0.5) is 26.3 Å². The van der Waals surface area contributed by atoms with E-state index in [9.17, 15) is 8.78 Å². The molecule has 3 aromatic rings. The first-order valence-corrected chi connectivity index (χ1v) is 13.7. The van der Waals surface area contributed by atoms with E-state index in [1.54, 1.807) is 18.7 Å². The topological polar surface area (TPSA) is 9.23 Å². The average molecular weight is 551 g/mol. The Morgan fingerprint density at radius 1 is 0.737 bits per heavy atom. The summed E-state index contributed by atoms with van der Waals surface area (Å²) in [5.41, 5.74) is -1.82. The maximum Gasteiger partial charge on any atom is 0.201 e. The molecule has 0 spiro atoms. The minimum absolute atomic E-state index is 0.0881. The third-order valence-electron chi connectivity index (χ3n) is 6.68. The molecule has 0 saturated carbocycles. The minimum atomic E-state index is -1.50. The van der Waals surface area contributed by atoms with Crippen LogP contribution in [0.2, 0.25) is 0 Å². The molecule has 0 radical (unpaired) electrons. The summed E-state index contributed by atoms with van der Waals surface area (Å²) in [6.07, 6.45) is 7.91. The molecule has 1 fully saturated rings. The predicted octanol–water partition coefficient (Wildman–Crippen LogP) is 9.59. The summed E-state index contributed by atoms with van der Waals surface area (Å²) in [7, 11) is 0. The molecule has 0 aromatic heterocycles. The highest BCUT2D eigenvalue weighted by molar-refractivity contribution is 8.00. The van der Waals surface area contributed by atoms with Gasteiger partial charge < -0.3 is 4.74 Å². The van der Waals surface area contributed by atoms with Gasteiger partial charge in [0.25, 0.3) is 0 Å². The highest BCUT2D eigenvalue weighted by atomic mass is 32.2. The molecular weight excluding hydrogens is 522 g/mol. The van der Waals surface area contributed by atoms with Crippen LogP contribution in [0.1, 0.15) is 51.0 Å². The van der Waals surface area contributed by atoms with Crippen LogP contribution in [-0.2, 0) is 0 Å². The Morgan fingerprint density at radius 3 is 1.84 bits per heavy atom. The molecule has 3 aromatic carbocycles. The van der Waals surface area contributed by atoms with Crippen molar-refractivity contribution in [2.75, 3.05) is 12.4 Å². The van der Waals surface area contributed by atoms with Crippen molar-refractivity contribution >= 4 is 11.8 Å². The van der Waals surface area contributed by atoms with E-state index in [0.717, 1.165) is 43.5 Å². The van der Waals surface area contributed by atoms with Gasteiger partial charge in [-0.1, -0.05) is 49.8 Å². The van der Waals surface area contributed by atoms with Crippen molar-refractivity contribution in [2.24, 2.45) is 0 Å². The molecule has 4 rings (SSSR count). The lowest BCUT2D eigenvalue weighted by molar-refractivity contribution is 0.314. The van der Waals surface area contributed by atoms with E-state index in [-0.39, 0.29) is 23.8 Å². The quantitative estimate of drug-likeness (QED) is 0.204. The largest absolute Gasteiger partial charge is 0.491 e. The van der Waals surface area contributed by atoms with Crippen molar-refractivity contribution in [2.45, 2.75) is 50.7 Å². The summed E-state index contributed by atoms with van der Waals surface area (Å²) in [6.45, 7) is 3.78. The molecule has 38 heavy (non-hydrogen) atoms. The average Bonchev–Trinajstić information content (AvgIpc) is 2.91. The van der Waals surface area contributed by atoms with Crippen LogP contribution in [0.15, 0.2) is 48.6 Å². The number of ether oxygens (including phenoxy) is 1. The van der Waals surface area contributed by atoms with Crippen molar-refractivity contribution in [1.82, 2.24) is 0 Å². The van der Waals surface area contributed by atoms with Gasteiger partial charge in [-0.15, -0.1) is 0 Å². The highest BCUT2D eigenvalue weighted by Gasteiger charge is 2.28. The fourth-order valence-corrected chi connectivity index (χ4v) is 5.99. The summed E-state index contributed by atoms with van der Waals surface area (Å²) >= 11 is 1.69. The normalized spacial score (nSPS) is 17.8. The molecule has 0 bridgehead atoms. The minimum Gasteiger partial charge on any atom is -0.491 e. The van der Waals surface area contributed by atoms with Crippen molar-refractivity contribution in [3.63, 3.8) is 0 Å². The fourth-order valence-electron chi connectivity index (χ4n) is 4.64. The van der Waals surface area contributed by atoms with Gasteiger partial charge >= 0.3 is 0 Å². The van der Waals surface area contributed by atoms with Crippen LogP contribution in [0.3, 0.4) is 0 Å². The van der Waals surface area contributed by atoms with Crippen molar-refractivity contribution in [3.05, 3.63) is 89.0 Å². The Balaban J connectivity index is 1.61. The van der Waals surface area contributed by atoms with E-state index in [1.807, 2.05) is 0 Å². The molecule has 1 heterocycles. The van der Waals surface area contributed by atoms with Crippen LogP contribution >= 0.6 is 11.8 Å². The fraction of sp³-hybridized carbons (Fsp3) is 0.333. The second kappa shape index (κ2) is 12.3. The molecule has 2 atom stereocenters. The number of rotatable bonds is 8. The Hall–Kier alpha value is -2.87. The monoisotopic (exact) mass is 550 g/mol. The first-order valence-electron chi connectivity index (χ1n) is 12.6. The summed E-state index contributed by atoms with van der Waals surface area (Å²) in [5.74, 6) is -8.02. The van der Waals surface area contributed by atoms with Gasteiger partial charge in [0.05, 0.1) is 6.61 Å². The lowest BCUT2D eigenvalue weighted by atomic mass is 9.91. The molecule has 8 heteroatoms. The summed E-state index contributed by atoms with van der Waals surface area (Å²) in [4.78, 5) is 0. The van der Waals surface area contributed by atoms with Crippen LogP contribution in [-0.4, -0.2) is 17.6 Å².